The highest BCUT2D eigenvalue weighted by Crippen LogP contribution is 2.31. The van der Waals surface area contributed by atoms with Gasteiger partial charge in [-0.15, -0.1) is 10.2 Å². The van der Waals surface area contributed by atoms with Gasteiger partial charge in [0.1, 0.15) is 0 Å². The van der Waals surface area contributed by atoms with Crippen LogP contribution in [-0.2, 0) is 4.79 Å². The molecular weight excluding hydrogens is 296 g/mol. The molecule has 5 nitrogen and oxygen atoms in total. The molecule has 7 heteroatoms. The molecule has 20 heavy (non-hydrogen) atoms. The fourth-order valence-corrected chi connectivity index (χ4v) is 2.71. The summed E-state index contributed by atoms with van der Waals surface area (Å²) in [7, 11) is 1.86. The number of anilines is 1. The van der Waals surface area contributed by atoms with Gasteiger partial charge in [0.25, 0.3) is 0 Å². The Bertz CT molecular complexity index is 587. The van der Waals surface area contributed by atoms with E-state index in [0.717, 1.165) is 18.5 Å². The molecule has 2 aromatic rings. The first-order chi connectivity index (χ1) is 9.70. The van der Waals surface area contributed by atoms with Gasteiger partial charge in [-0.05, 0) is 26.1 Å². The van der Waals surface area contributed by atoms with E-state index < -0.39 is 0 Å². The predicted octanol–water partition coefficient (Wildman–Crippen LogP) is 2.80. The average molecular weight is 311 g/mol. The molecule has 1 aromatic carbocycles. The number of aromatic nitrogens is 2. The summed E-state index contributed by atoms with van der Waals surface area (Å²) in [6, 6.07) is 7.42. The summed E-state index contributed by atoms with van der Waals surface area (Å²) in [6.07, 6.45) is 1.25. The summed E-state index contributed by atoms with van der Waals surface area (Å²) < 4.78 is 0. The van der Waals surface area contributed by atoms with Gasteiger partial charge in [-0.25, -0.2) is 0 Å². The zero-order valence-corrected chi connectivity index (χ0v) is 12.6. The Morgan fingerprint density at radius 1 is 1.35 bits per heavy atom. The van der Waals surface area contributed by atoms with Crippen LogP contribution in [0.1, 0.15) is 12.8 Å². The zero-order valence-electron chi connectivity index (χ0n) is 11.0. The Balaban J connectivity index is 1.99. The van der Waals surface area contributed by atoms with E-state index in [1.165, 1.54) is 11.3 Å². The molecule has 0 saturated carbocycles. The third-order valence-corrected chi connectivity index (χ3v) is 3.81. The van der Waals surface area contributed by atoms with Crippen molar-refractivity contribution in [2.24, 2.45) is 0 Å². The van der Waals surface area contributed by atoms with Crippen molar-refractivity contribution in [1.82, 2.24) is 15.5 Å². The second-order valence-corrected chi connectivity index (χ2v) is 5.53. The van der Waals surface area contributed by atoms with Crippen LogP contribution in [0.25, 0.3) is 10.6 Å². The Labute approximate surface area is 126 Å². The van der Waals surface area contributed by atoms with Crippen molar-refractivity contribution in [3.8, 4) is 10.6 Å². The van der Waals surface area contributed by atoms with Crippen molar-refractivity contribution in [2.45, 2.75) is 12.8 Å². The minimum atomic E-state index is -0.0536. The molecule has 1 amide bonds. The predicted molar refractivity (Wildman–Crippen MR) is 82.1 cm³/mol. The van der Waals surface area contributed by atoms with Crippen molar-refractivity contribution in [3.63, 3.8) is 0 Å². The molecule has 0 aliphatic carbocycles. The fourth-order valence-electron chi connectivity index (χ4n) is 1.62. The Kier molecular flexibility index (Phi) is 5.46. The Morgan fingerprint density at radius 2 is 2.15 bits per heavy atom. The van der Waals surface area contributed by atoms with Gasteiger partial charge in [-0.1, -0.05) is 41.1 Å². The highest BCUT2D eigenvalue weighted by atomic mass is 35.5. The molecule has 0 atom stereocenters. The van der Waals surface area contributed by atoms with Crippen LogP contribution in [0.15, 0.2) is 24.3 Å². The summed E-state index contributed by atoms with van der Waals surface area (Å²) in [5.41, 5.74) is 0.822. The standard InChI is InChI=1S/C13H15ClN4OS/c1-15-8-4-7-11(19)16-13-18-17-12(20-13)9-5-2-3-6-10(9)14/h2-3,5-6,15H,4,7-8H2,1H3,(H,16,18,19). The molecule has 2 rings (SSSR count). The van der Waals surface area contributed by atoms with Crippen LogP contribution in [0, 0.1) is 0 Å². The topological polar surface area (TPSA) is 66.9 Å². The molecule has 0 aliphatic rings. The van der Waals surface area contributed by atoms with E-state index in [4.69, 9.17) is 11.6 Å². The van der Waals surface area contributed by atoms with Gasteiger partial charge in [0.05, 0.1) is 5.02 Å². The monoisotopic (exact) mass is 310 g/mol. The number of halogens is 1. The van der Waals surface area contributed by atoms with Crippen LogP contribution >= 0.6 is 22.9 Å². The average Bonchev–Trinajstić information content (AvgIpc) is 2.88. The van der Waals surface area contributed by atoms with Gasteiger partial charge in [-0.3, -0.25) is 4.79 Å². The van der Waals surface area contributed by atoms with Crippen molar-refractivity contribution in [2.75, 3.05) is 18.9 Å². The molecular formula is C13H15ClN4OS. The maximum atomic E-state index is 11.7. The number of carbonyl (C=O) groups excluding carboxylic acids is 1. The highest BCUT2D eigenvalue weighted by molar-refractivity contribution is 7.18. The molecule has 0 unspecified atom stereocenters. The number of amides is 1. The molecule has 106 valence electrons. The summed E-state index contributed by atoms with van der Waals surface area (Å²) in [5.74, 6) is -0.0536. The maximum Gasteiger partial charge on any atom is 0.226 e. The van der Waals surface area contributed by atoms with E-state index >= 15 is 0 Å². The molecule has 0 fully saturated rings. The van der Waals surface area contributed by atoms with E-state index in [1.54, 1.807) is 6.07 Å². The van der Waals surface area contributed by atoms with Gasteiger partial charge in [0.2, 0.25) is 11.0 Å². The number of nitrogens with zero attached hydrogens (tertiary/aromatic N) is 2. The van der Waals surface area contributed by atoms with Crippen LogP contribution < -0.4 is 10.6 Å². The van der Waals surface area contributed by atoms with E-state index in [-0.39, 0.29) is 5.91 Å². The lowest BCUT2D eigenvalue weighted by molar-refractivity contribution is -0.116. The minimum Gasteiger partial charge on any atom is -0.320 e. The molecule has 0 spiro atoms. The van der Waals surface area contributed by atoms with Crippen LogP contribution in [-0.4, -0.2) is 29.7 Å². The zero-order chi connectivity index (χ0) is 14.4. The first kappa shape index (κ1) is 14.9. The largest absolute Gasteiger partial charge is 0.320 e. The smallest absolute Gasteiger partial charge is 0.226 e. The second kappa shape index (κ2) is 7.33. The molecule has 0 saturated heterocycles. The van der Waals surface area contributed by atoms with E-state index in [2.05, 4.69) is 20.8 Å². The number of hydrogen-bond donors (Lipinski definition) is 2. The SMILES string of the molecule is CNCCCC(=O)Nc1nnc(-c2ccccc2Cl)s1. The lowest BCUT2D eigenvalue weighted by Gasteiger charge is -2.00. The molecule has 0 bridgehead atoms. The van der Waals surface area contributed by atoms with Crippen molar-refractivity contribution in [1.29, 1.82) is 0 Å². The van der Waals surface area contributed by atoms with Gasteiger partial charge >= 0.3 is 0 Å². The molecule has 1 heterocycles. The van der Waals surface area contributed by atoms with E-state index in [9.17, 15) is 4.79 Å². The lowest BCUT2D eigenvalue weighted by Crippen LogP contribution is -2.15. The normalized spacial score (nSPS) is 10.5. The fraction of sp³-hybridized carbons (Fsp3) is 0.308. The number of rotatable bonds is 6. The van der Waals surface area contributed by atoms with Gasteiger partial charge < -0.3 is 10.6 Å². The molecule has 1 aromatic heterocycles. The molecule has 0 radical (unpaired) electrons. The van der Waals surface area contributed by atoms with Crippen LogP contribution in [0.4, 0.5) is 5.13 Å². The third kappa shape index (κ3) is 4.00. The summed E-state index contributed by atoms with van der Waals surface area (Å²) in [4.78, 5) is 11.7. The van der Waals surface area contributed by atoms with E-state index in [1.807, 2.05) is 25.2 Å². The Morgan fingerprint density at radius 3 is 2.90 bits per heavy atom. The highest BCUT2D eigenvalue weighted by Gasteiger charge is 2.11. The first-order valence-electron chi connectivity index (χ1n) is 6.23. The van der Waals surface area contributed by atoms with Crippen molar-refractivity contribution in [3.05, 3.63) is 29.3 Å². The van der Waals surface area contributed by atoms with Gasteiger partial charge in [0, 0.05) is 12.0 Å². The summed E-state index contributed by atoms with van der Waals surface area (Å²) in [6.45, 7) is 0.814. The second-order valence-electron chi connectivity index (χ2n) is 4.15. The minimum absolute atomic E-state index is 0.0536. The number of carbonyl (C=O) groups is 1. The van der Waals surface area contributed by atoms with Crippen LogP contribution in [0.5, 0.6) is 0 Å². The number of benzene rings is 1. The quantitative estimate of drug-likeness (QED) is 0.805. The van der Waals surface area contributed by atoms with Crippen LogP contribution in [0.2, 0.25) is 5.02 Å². The third-order valence-electron chi connectivity index (χ3n) is 2.61. The number of hydrogen-bond acceptors (Lipinski definition) is 5. The van der Waals surface area contributed by atoms with Crippen molar-refractivity contribution >= 4 is 34.0 Å². The summed E-state index contributed by atoms with van der Waals surface area (Å²) in [5, 5.41) is 15.6. The van der Waals surface area contributed by atoms with Crippen LogP contribution in [0.3, 0.4) is 0 Å². The van der Waals surface area contributed by atoms with Crippen molar-refractivity contribution < 1.29 is 4.79 Å². The maximum absolute atomic E-state index is 11.7. The molecule has 2 N–H and O–H groups in total. The first-order valence-corrected chi connectivity index (χ1v) is 7.43. The van der Waals surface area contributed by atoms with Gasteiger partial charge in [0.15, 0.2) is 5.01 Å². The van der Waals surface area contributed by atoms with E-state index in [0.29, 0.717) is 21.6 Å². The Hall–Kier alpha value is -1.50. The number of nitrogens with one attached hydrogen (secondary N) is 2. The van der Waals surface area contributed by atoms with Gasteiger partial charge in [-0.2, -0.15) is 0 Å². The summed E-state index contributed by atoms with van der Waals surface area (Å²) >= 11 is 7.42. The molecule has 0 aliphatic heterocycles. The lowest BCUT2D eigenvalue weighted by atomic mass is 10.2.